The van der Waals surface area contributed by atoms with E-state index < -0.39 is 48.6 Å². The lowest BCUT2D eigenvalue weighted by molar-refractivity contribution is -0.264. The first-order valence-electron chi connectivity index (χ1n) is 6.77. The molecule has 5 atom stereocenters. The standard InChI is InChI=1S/C13H19NO9/c1-6(16)20-4-9-11(21-7(2)17)12(22-8(3)18)10(14-5-15)13(19)23-9/h5,9-13,19H,4H2,1-3H3,(H,14,15)/t9-,10-,11-,12-,13+/m1/s1. The fourth-order valence-electron chi connectivity index (χ4n) is 2.18. The van der Waals surface area contributed by atoms with Gasteiger partial charge in [-0.15, -0.1) is 0 Å². The molecule has 1 rings (SSSR count). The Morgan fingerprint density at radius 2 is 1.65 bits per heavy atom. The fourth-order valence-corrected chi connectivity index (χ4v) is 2.18. The van der Waals surface area contributed by atoms with Gasteiger partial charge in [0.05, 0.1) is 0 Å². The Morgan fingerprint density at radius 3 is 2.13 bits per heavy atom. The number of nitrogens with one attached hydrogen (secondary N) is 1. The number of rotatable bonds is 6. The minimum Gasteiger partial charge on any atom is -0.463 e. The molecule has 0 aromatic heterocycles. The van der Waals surface area contributed by atoms with Gasteiger partial charge < -0.3 is 29.4 Å². The Kier molecular flexibility index (Phi) is 6.91. The van der Waals surface area contributed by atoms with Gasteiger partial charge in [0.2, 0.25) is 6.41 Å². The van der Waals surface area contributed by atoms with Crippen molar-refractivity contribution >= 4 is 24.3 Å². The summed E-state index contributed by atoms with van der Waals surface area (Å²) in [6.07, 6.45) is -4.75. The smallest absolute Gasteiger partial charge is 0.303 e. The van der Waals surface area contributed by atoms with Gasteiger partial charge in [-0.3, -0.25) is 19.2 Å². The quantitative estimate of drug-likeness (QED) is 0.329. The lowest BCUT2D eigenvalue weighted by Crippen LogP contribution is -2.65. The summed E-state index contributed by atoms with van der Waals surface area (Å²) < 4.78 is 20.1. The van der Waals surface area contributed by atoms with Crippen molar-refractivity contribution < 1.29 is 43.2 Å². The number of aliphatic hydroxyl groups is 1. The molecule has 0 spiro atoms. The largest absolute Gasteiger partial charge is 0.463 e. The van der Waals surface area contributed by atoms with Crippen LogP contribution in [0.25, 0.3) is 0 Å². The first-order valence-corrected chi connectivity index (χ1v) is 6.77. The SMILES string of the molecule is CC(=O)OC[C@H]1O[C@H](O)[C@H](NC=O)[C@@H](OC(C)=O)[C@@H]1OC(C)=O. The minimum absolute atomic E-state index is 0.283. The van der Waals surface area contributed by atoms with Gasteiger partial charge in [-0.1, -0.05) is 0 Å². The van der Waals surface area contributed by atoms with Crippen LogP contribution in [0.5, 0.6) is 0 Å². The Balaban J connectivity index is 3.06. The van der Waals surface area contributed by atoms with E-state index in [1.807, 2.05) is 0 Å². The van der Waals surface area contributed by atoms with Gasteiger partial charge in [0.15, 0.2) is 18.5 Å². The average Bonchev–Trinajstić information content (AvgIpc) is 2.42. The van der Waals surface area contributed by atoms with Crippen molar-refractivity contribution in [3.8, 4) is 0 Å². The van der Waals surface area contributed by atoms with Crippen molar-refractivity contribution in [1.82, 2.24) is 5.32 Å². The minimum atomic E-state index is -1.56. The van der Waals surface area contributed by atoms with Crippen LogP contribution in [0.4, 0.5) is 0 Å². The molecule has 10 heteroatoms. The number of amides is 1. The number of carbonyl (C=O) groups is 4. The Morgan fingerprint density at radius 1 is 1.09 bits per heavy atom. The second kappa shape index (κ2) is 8.44. The third-order valence-corrected chi connectivity index (χ3v) is 2.98. The van der Waals surface area contributed by atoms with Crippen LogP contribution in [0.2, 0.25) is 0 Å². The van der Waals surface area contributed by atoms with E-state index in [0.29, 0.717) is 0 Å². The van der Waals surface area contributed by atoms with Gasteiger partial charge >= 0.3 is 17.9 Å². The lowest BCUT2D eigenvalue weighted by atomic mass is 9.96. The molecule has 0 bridgehead atoms. The van der Waals surface area contributed by atoms with E-state index in [1.54, 1.807) is 0 Å². The highest BCUT2D eigenvalue weighted by atomic mass is 16.7. The molecular formula is C13H19NO9. The summed E-state index contributed by atoms with van der Waals surface area (Å²) >= 11 is 0. The normalized spacial score (nSPS) is 30.0. The van der Waals surface area contributed by atoms with Gasteiger partial charge in [0.25, 0.3) is 0 Å². The number of hydrogen-bond donors (Lipinski definition) is 2. The molecular weight excluding hydrogens is 314 g/mol. The van der Waals surface area contributed by atoms with E-state index in [1.165, 1.54) is 6.92 Å². The van der Waals surface area contributed by atoms with Crippen LogP contribution in [0.3, 0.4) is 0 Å². The summed E-state index contributed by atoms with van der Waals surface area (Å²) in [4.78, 5) is 44.2. The van der Waals surface area contributed by atoms with Gasteiger partial charge in [-0.25, -0.2) is 0 Å². The molecule has 1 heterocycles. The topological polar surface area (TPSA) is 137 Å². The predicted molar refractivity (Wildman–Crippen MR) is 71.6 cm³/mol. The third kappa shape index (κ3) is 5.49. The van der Waals surface area contributed by atoms with Crippen molar-refractivity contribution in [3.63, 3.8) is 0 Å². The van der Waals surface area contributed by atoms with Crippen molar-refractivity contribution in [1.29, 1.82) is 0 Å². The van der Waals surface area contributed by atoms with E-state index in [2.05, 4.69) is 5.32 Å². The number of ether oxygens (including phenoxy) is 4. The van der Waals surface area contributed by atoms with Crippen LogP contribution >= 0.6 is 0 Å². The molecule has 10 nitrogen and oxygen atoms in total. The highest BCUT2D eigenvalue weighted by Gasteiger charge is 2.49. The highest BCUT2D eigenvalue weighted by molar-refractivity contribution is 5.68. The highest BCUT2D eigenvalue weighted by Crippen LogP contribution is 2.25. The van der Waals surface area contributed by atoms with Gasteiger partial charge in [-0.05, 0) is 0 Å². The molecule has 1 aliphatic heterocycles. The monoisotopic (exact) mass is 333 g/mol. The maximum absolute atomic E-state index is 11.3. The zero-order chi connectivity index (χ0) is 17.6. The van der Waals surface area contributed by atoms with Crippen LogP contribution in [0, 0.1) is 0 Å². The second-order valence-corrected chi connectivity index (χ2v) is 4.83. The first kappa shape index (κ1) is 18.8. The molecule has 1 aliphatic rings. The number of carbonyl (C=O) groups excluding carboxylic acids is 4. The van der Waals surface area contributed by atoms with Gasteiger partial charge in [-0.2, -0.15) is 0 Å². The van der Waals surface area contributed by atoms with Crippen molar-refractivity contribution in [2.24, 2.45) is 0 Å². The average molecular weight is 333 g/mol. The first-order chi connectivity index (χ1) is 10.8. The van der Waals surface area contributed by atoms with Crippen LogP contribution in [0.1, 0.15) is 20.8 Å². The summed E-state index contributed by atoms with van der Waals surface area (Å²) in [5.41, 5.74) is 0. The molecule has 130 valence electrons. The van der Waals surface area contributed by atoms with Gasteiger partial charge in [0, 0.05) is 20.8 Å². The molecule has 23 heavy (non-hydrogen) atoms. The summed E-state index contributed by atoms with van der Waals surface area (Å²) in [6, 6.07) is -1.16. The van der Waals surface area contributed by atoms with Crippen LogP contribution in [0.15, 0.2) is 0 Å². The lowest BCUT2D eigenvalue weighted by Gasteiger charge is -2.43. The summed E-state index contributed by atoms with van der Waals surface area (Å²) in [5, 5.41) is 12.2. The molecule has 1 amide bonds. The van der Waals surface area contributed by atoms with Crippen LogP contribution in [-0.2, 0) is 38.1 Å². The number of hydrogen-bond acceptors (Lipinski definition) is 9. The number of aliphatic hydroxyl groups excluding tert-OH is 1. The molecule has 0 aromatic rings. The van der Waals surface area contributed by atoms with E-state index in [0.717, 1.165) is 13.8 Å². The molecule has 2 N–H and O–H groups in total. The Labute approximate surface area is 132 Å². The van der Waals surface area contributed by atoms with Crippen LogP contribution in [-0.4, -0.2) is 66.7 Å². The number of esters is 3. The summed E-state index contributed by atoms with van der Waals surface area (Å²) in [5.74, 6) is -2.03. The van der Waals surface area contributed by atoms with E-state index in [4.69, 9.17) is 18.9 Å². The molecule has 0 radical (unpaired) electrons. The van der Waals surface area contributed by atoms with Crippen molar-refractivity contribution in [2.45, 2.75) is 51.4 Å². The maximum atomic E-state index is 11.3. The van der Waals surface area contributed by atoms with Crippen molar-refractivity contribution in [3.05, 3.63) is 0 Å². The molecule has 1 saturated heterocycles. The third-order valence-electron chi connectivity index (χ3n) is 2.98. The summed E-state index contributed by atoms with van der Waals surface area (Å²) in [7, 11) is 0. The van der Waals surface area contributed by atoms with E-state index >= 15 is 0 Å². The molecule has 0 aromatic carbocycles. The van der Waals surface area contributed by atoms with Gasteiger partial charge in [0.1, 0.15) is 18.8 Å². The zero-order valence-corrected chi connectivity index (χ0v) is 12.9. The Bertz CT molecular complexity index is 466. The predicted octanol–water partition coefficient (Wildman–Crippen LogP) is -1.76. The second-order valence-electron chi connectivity index (χ2n) is 4.83. The van der Waals surface area contributed by atoms with E-state index in [-0.39, 0.29) is 13.0 Å². The fraction of sp³-hybridized carbons (Fsp3) is 0.692. The summed E-state index contributed by atoms with van der Waals surface area (Å²) in [6.45, 7) is 3.07. The Hall–Kier alpha value is -2.20. The molecule has 0 aliphatic carbocycles. The van der Waals surface area contributed by atoms with Crippen molar-refractivity contribution in [2.75, 3.05) is 6.61 Å². The molecule has 1 fully saturated rings. The zero-order valence-electron chi connectivity index (χ0n) is 12.9. The van der Waals surface area contributed by atoms with Crippen LogP contribution < -0.4 is 5.32 Å². The maximum Gasteiger partial charge on any atom is 0.303 e. The molecule has 0 saturated carbocycles. The molecule has 0 unspecified atom stereocenters. The van der Waals surface area contributed by atoms with E-state index in [9.17, 15) is 24.3 Å².